The number of hydrogen-bond acceptors (Lipinski definition) is 0. The van der Waals surface area contributed by atoms with Gasteiger partial charge in [-0.1, -0.05) is 73.1 Å². The van der Waals surface area contributed by atoms with Crippen LogP contribution in [-0.4, -0.2) is 0 Å². The molecule has 132 valence electrons. The molecular formula is C23H19ClF2. The molecule has 1 unspecified atom stereocenters. The van der Waals surface area contributed by atoms with Crippen LogP contribution in [0.25, 0.3) is 12.2 Å². The van der Waals surface area contributed by atoms with Crippen molar-refractivity contribution in [3.8, 4) is 0 Å². The van der Waals surface area contributed by atoms with E-state index in [0.29, 0.717) is 17.0 Å². The second kappa shape index (κ2) is 8.29. The van der Waals surface area contributed by atoms with Gasteiger partial charge in [-0.25, -0.2) is 8.78 Å². The van der Waals surface area contributed by atoms with Crippen molar-refractivity contribution in [2.45, 2.75) is 19.3 Å². The number of benzene rings is 3. The Morgan fingerprint density at radius 1 is 0.846 bits per heavy atom. The van der Waals surface area contributed by atoms with E-state index < -0.39 is 11.6 Å². The first kappa shape index (κ1) is 18.3. The van der Waals surface area contributed by atoms with Crippen molar-refractivity contribution in [2.75, 3.05) is 0 Å². The third-order valence-electron chi connectivity index (χ3n) is 4.38. The lowest BCUT2D eigenvalue weighted by Gasteiger charge is -2.13. The van der Waals surface area contributed by atoms with Crippen molar-refractivity contribution < 1.29 is 8.78 Å². The van der Waals surface area contributed by atoms with Gasteiger partial charge in [0.25, 0.3) is 0 Å². The van der Waals surface area contributed by atoms with Crippen LogP contribution in [0, 0.1) is 11.6 Å². The number of hydrogen-bond donors (Lipinski definition) is 0. The molecule has 3 rings (SSSR count). The SMILES string of the molecule is CC(Cc1c(F)cc(/C=C/c2ccc(Cl)cc2)cc1F)c1ccccc1. The Labute approximate surface area is 157 Å². The molecular weight excluding hydrogens is 350 g/mol. The highest BCUT2D eigenvalue weighted by Gasteiger charge is 2.15. The highest BCUT2D eigenvalue weighted by Crippen LogP contribution is 2.25. The van der Waals surface area contributed by atoms with Gasteiger partial charge in [-0.15, -0.1) is 0 Å². The molecule has 0 saturated heterocycles. The van der Waals surface area contributed by atoms with Crippen LogP contribution in [0.4, 0.5) is 8.78 Å². The van der Waals surface area contributed by atoms with Crippen LogP contribution >= 0.6 is 11.6 Å². The normalized spacial score (nSPS) is 12.5. The summed E-state index contributed by atoms with van der Waals surface area (Å²) < 4.78 is 28.9. The topological polar surface area (TPSA) is 0 Å². The average Bonchev–Trinajstić information content (AvgIpc) is 2.65. The van der Waals surface area contributed by atoms with Crippen molar-refractivity contribution in [3.63, 3.8) is 0 Å². The van der Waals surface area contributed by atoms with E-state index in [1.807, 2.05) is 49.4 Å². The molecule has 3 aromatic rings. The summed E-state index contributed by atoms with van der Waals surface area (Å²) in [5.41, 5.74) is 2.60. The summed E-state index contributed by atoms with van der Waals surface area (Å²) in [5.74, 6) is -0.984. The van der Waals surface area contributed by atoms with Crippen molar-refractivity contribution in [3.05, 3.63) is 106 Å². The fourth-order valence-electron chi connectivity index (χ4n) is 2.89. The fraction of sp³-hybridized carbons (Fsp3) is 0.130. The molecule has 0 nitrogen and oxygen atoms in total. The molecule has 0 N–H and O–H groups in total. The van der Waals surface area contributed by atoms with Crippen LogP contribution in [0.5, 0.6) is 0 Å². The van der Waals surface area contributed by atoms with Gasteiger partial charge in [-0.3, -0.25) is 0 Å². The molecule has 3 aromatic carbocycles. The monoisotopic (exact) mass is 368 g/mol. The van der Waals surface area contributed by atoms with Crippen molar-refractivity contribution in [2.24, 2.45) is 0 Å². The molecule has 0 bridgehead atoms. The van der Waals surface area contributed by atoms with Crippen LogP contribution in [-0.2, 0) is 6.42 Å². The maximum atomic E-state index is 14.5. The molecule has 26 heavy (non-hydrogen) atoms. The molecule has 0 fully saturated rings. The average molecular weight is 369 g/mol. The third kappa shape index (κ3) is 4.59. The Bertz CT molecular complexity index is 876. The van der Waals surface area contributed by atoms with Gasteiger partial charge in [0.1, 0.15) is 11.6 Å². The van der Waals surface area contributed by atoms with E-state index in [1.54, 1.807) is 24.3 Å². The highest BCUT2D eigenvalue weighted by atomic mass is 35.5. The molecule has 3 heteroatoms. The molecule has 0 heterocycles. The van der Waals surface area contributed by atoms with Gasteiger partial charge in [0, 0.05) is 10.6 Å². The maximum absolute atomic E-state index is 14.5. The van der Waals surface area contributed by atoms with E-state index >= 15 is 0 Å². The quantitative estimate of drug-likeness (QED) is 0.420. The van der Waals surface area contributed by atoms with Crippen molar-refractivity contribution in [1.82, 2.24) is 0 Å². The number of rotatable bonds is 5. The Morgan fingerprint density at radius 2 is 1.42 bits per heavy atom. The van der Waals surface area contributed by atoms with Gasteiger partial charge in [0.05, 0.1) is 0 Å². The molecule has 0 aromatic heterocycles. The van der Waals surface area contributed by atoms with E-state index in [9.17, 15) is 8.78 Å². The summed E-state index contributed by atoms with van der Waals surface area (Å²) in [4.78, 5) is 0. The number of halogens is 3. The highest BCUT2D eigenvalue weighted by molar-refractivity contribution is 6.30. The van der Waals surface area contributed by atoms with Crippen LogP contribution in [0.15, 0.2) is 66.7 Å². The third-order valence-corrected chi connectivity index (χ3v) is 4.63. The Kier molecular flexibility index (Phi) is 5.85. The standard InChI is InChI=1S/C23H19ClF2/c1-16(19-5-3-2-4-6-19)13-21-22(25)14-18(15-23(21)26)8-7-17-9-11-20(24)12-10-17/h2-12,14-16H,13H2,1H3/b8-7+. The Balaban J connectivity index is 1.78. The predicted octanol–water partition coefficient (Wildman–Crippen LogP) is 7.13. The minimum Gasteiger partial charge on any atom is -0.207 e. The minimum atomic E-state index is -0.511. The largest absolute Gasteiger partial charge is 0.207 e. The lowest BCUT2D eigenvalue weighted by molar-refractivity contribution is 0.543. The zero-order chi connectivity index (χ0) is 18.5. The summed E-state index contributed by atoms with van der Waals surface area (Å²) in [6.45, 7) is 1.97. The van der Waals surface area contributed by atoms with Gasteiger partial charge in [-0.2, -0.15) is 0 Å². The van der Waals surface area contributed by atoms with Crippen molar-refractivity contribution in [1.29, 1.82) is 0 Å². The molecule has 0 spiro atoms. The molecule has 0 aliphatic heterocycles. The summed E-state index contributed by atoms with van der Waals surface area (Å²) in [7, 11) is 0. The van der Waals surface area contributed by atoms with Crippen LogP contribution < -0.4 is 0 Å². The molecule has 0 aliphatic carbocycles. The van der Waals surface area contributed by atoms with Crippen LogP contribution in [0.3, 0.4) is 0 Å². The van der Waals surface area contributed by atoms with Gasteiger partial charge < -0.3 is 0 Å². The lowest BCUT2D eigenvalue weighted by atomic mass is 9.92. The maximum Gasteiger partial charge on any atom is 0.129 e. The minimum absolute atomic E-state index is 0.0376. The van der Waals surface area contributed by atoms with Crippen LogP contribution in [0.2, 0.25) is 5.02 Å². The van der Waals surface area contributed by atoms with Gasteiger partial charge in [0.15, 0.2) is 0 Å². The molecule has 0 radical (unpaired) electrons. The summed E-state index contributed by atoms with van der Waals surface area (Å²) in [6, 6.07) is 19.7. The zero-order valence-electron chi connectivity index (χ0n) is 14.4. The summed E-state index contributed by atoms with van der Waals surface area (Å²) in [5, 5.41) is 0.649. The van der Waals surface area contributed by atoms with E-state index in [4.69, 9.17) is 11.6 Å². The lowest BCUT2D eigenvalue weighted by Crippen LogP contribution is -2.04. The molecule has 0 amide bonds. The van der Waals surface area contributed by atoms with E-state index in [1.165, 1.54) is 12.1 Å². The van der Waals surface area contributed by atoms with Crippen LogP contribution in [0.1, 0.15) is 35.1 Å². The van der Waals surface area contributed by atoms with E-state index in [0.717, 1.165) is 11.1 Å². The summed E-state index contributed by atoms with van der Waals surface area (Å²) in [6.07, 6.45) is 3.82. The van der Waals surface area contributed by atoms with Crippen molar-refractivity contribution >= 4 is 23.8 Å². The first-order valence-corrected chi connectivity index (χ1v) is 8.87. The second-order valence-corrected chi connectivity index (χ2v) is 6.80. The van der Waals surface area contributed by atoms with Gasteiger partial charge in [0.2, 0.25) is 0 Å². The van der Waals surface area contributed by atoms with Gasteiger partial charge >= 0.3 is 0 Å². The molecule has 0 saturated carbocycles. The van der Waals surface area contributed by atoms with E-state index in [-0.39, 0.29) is 11.5 Å². The van der Waals surface area contributed by atoms with E-state index in [2.05, 4.69) is 0 Å². The molecule has 0 aliphatic rings. The summed E-state index contributed by atoms with van der Waals surface area (Å²) >= 11 is 5.85. The fourth-order valence-corrected chi connectivity index (χ4v) is 3.01. The Hall–Kier alpha value is -2.45. The van der Waals surface area contributed by atoms with Gasteiger partial charge in [-0.05, 0) is 53.3 Å². The smallest absolute Gasteiger partial charge is 0.129 e. The first-order chi connectivity index (χ1) is 12.5. The first-order valence-electron chi connectivity index (χ1n) is 8.49. The second-order valence-electron chi connectivity index (χ2n) is 6.36. The Morgan fingerprint density at radius 3 is 2.04 bits per heavy atom. The predicted molar refractivity (Wildman–Crippen MR) is 105 cm³/mol. The zero-order valence-corrected chi connectivity index (χ0v) is 15.2. The molecule has 1 atom stereocenters.